The quantitative estimate of drug-likeness (QED) is 0.121. The minimum Gasteiger partial charge on any atom is -0.444 e. The molecule has 4 heterocycles. The lowest BCUT2D eigenvalue weighted by Crippen LogP contribution is -2.62. The number of alkyl carbamates (subject to hydrolysis) is 1. The number of nitrogens with zero attached hydrogens (tertiary/aromatic N) is 6. The highest BCUT2D eigenvalue weighted by Crippen LogP contribution is 2.48. The summed E-state index contributed by atoms with van der Waals surface area (Å²) in [5, 5.41) is 16.9. The molecule has 1 aliphatic carbocycles. The fourth-order valence-corrected chi connectivity index (χ4v) is 11.4. The molecule has 17 heteroatoms. The van der Waals surface area contributed by atoms with E-state index in [1.54, 1.807) is 36.9 Å². The number of hydrogen-bond acceptors (Lipinski definition) is 9. The van der Waals surface area contributed by atoms with Gasteiger partial charge in [-0.1, -0.05) is 63.2 Å². The molecule has 0 radical (unpaired) electrons. The molecular weight excluding hydrogens is 842 g/mol. The van der Waals surface area contributed by atoms with E-state index in [0.29, 0.717) is 59.7 Å². The summed E-state index contributed by atoms with van der Waals surface area (Å²) in [7, 11) is -3.78. The average molecular weight is 902 g/mol. The highest BCUT2D eigenvalue weighted by molar-refractivity contribution is 7.90. The number of nitrogens with one attached hydrogen (secondary N) is 1. The number of carbonyl (C=O) groups excluding carboxylic acids is 1. The Bertz CT molecular complexity index is 2850. The summed E-state index contributed by atoms with van der Waals surface area (Å²) >= 11 is 0. The molecule has 63 heavy (non-hydrogen) atoms. The zero-order chi connectivity index (χ0) is 46.0. The summed E-state index contributed by atoms with van der Waals surface area (Å²) in [5.74, 6) is -0.887. The number of aliphatic hydroxyl groups is 1. The highest BCUT2D eigenvalue weighted by Gasteiger charge is 2.49. The molecular formula is C46H60FN7O7SSi. The van der Waals surface area contributed by atoms with E-state index >= 15 is 12.8 Å². The van der Waals surface area contributed by atoms with Gasteiger partial charge < -0.3 is 19.6 Å². The second kappa shape index (κ2) is 16.5. The third-order valence-corrected chi connectivity index (χ3v) is 19.0. The first-order chi connectivity index (χ1) is 29.4. The van der Waals surface area contributed by atoms with Crippen LogP contribution in [0.2, 0.25) is 18.1 Å². The number of aromatic nitrogens is 6. The zero-order valence-electron chi connectivity index (χ0n) is 38.1. The molecule has 1 saturated carbocycles. The van der Waals surface area contributed by atoms with Gasteiger partial charge in [0.1, 0.15) is 5.60 Å². The van der Waals surface area contributed by atoms with Crippen molar-refractivity contribution in [1.29, 1.82) is 0 Å². The van der Waals surface area contributed by atoms with Crippen LogP contribution < -0.4 is 11.0 Å². The van der Waals surface area contributed by atoms with E-state index in [2.05, 4.69) is 44.3 Å². The smallest absolute Gasteiger partial charge is 0.408 e. The van der Waals surface area contributed by atoms with Crippen LogP contribution in [0.15, 0.2) is 76.7 Å². The first-order valence-electron chi connectivity index (χ1n) is 21.4. The number of rotatable bonds is 11. The maximum Gasteiger partial charge on any atom is 0.408 e. The van der Waals surface area contributed by atoms with Crippen molar-refractivity contribution in [2.75, 3.05) is 6.61 Å². The van der Waals surface area contributed by atoms with Crippen molar-refractivity contribution in [2.24, 2.45) is 14.1 Å². The van der Waals surface area contributed by atoms with E-state index < -0.39 is 53.7 Å². The van der Waals surface area contributed by atoms with Gasteiger partial charge in [-0.05, 0) is 101 Å². The third-order valence-electron chi connectivity index (χ3n) is 12.8. The second-order valence-electron chi connectivity index (χ2n) is 19.6. The lowest BCUT2D eigenvalue weighted by atomic mass is 9.78. The Morgan fingerprint density at radius 3 is 2.30 bits per heavy atom. The minimum atomic E-state index is -4.49. The van der Waals surface area contributed by atoms with Crippen molar-refractivity contribution in [2.45, 2.75) is 127 Å². The number of halogens is 1. The highest BCUT2D eigenvalue weighted by atomic mass is 32.2. The number of fused-ring (bicyclic) bond motifs is 3. The van der Waals surface area contributed by atoms with Crippen LogP contribution in [0.1, 0.15) is 85.8 Å². The van der Waals surface area contributed by atoms with E-state index in [1.807, 2.05) is 52.0 Å². The molecule has 0 bridgehead atoms. The molecule has 2 N–H and O–H groups in total. The van der Waals surface area contributed by atoms with Crippen LogP contribution in [-0.4, -0.2) is 79.7 Å². The van der Waals surface area contributed by atoms with Gasteiger partial charge >= 0.3 is 11.8 Å². The van der Waals surface area contributed by atoms with Crippen molar-refractivity contribution in [3.8, 4) is 22.4 Å². The molecule has 1 fully saturated rings. The summed E-state index contributed by atoms with van der Waals surface area (Å²) < 4.78 is 65.0. The normalized spacial score (nSPS) is 18.9. The maximum atomic E-state index is 16.3. The SMILES string of the molecule is Cn1cc(-c2c(-c3ccc(CCCO)cc3)c3c(ncc4c3n([C@H]3CC[C@@](C)(NC(=O)OC(C)(C)C)[C@H](O[Si](C)(C)C(C)(C)C)C3)c(=O)n4C)n2S(=O)(=O)c2ccccc2)c(F)n1. The van der Waals surface area contributed by atoms with Gasteiger partial charge in [0.15, 0.2) is 14.0 Å². The molecule has 338 valence electrons. The van der Waals surface area contributed by atoms with Crippen LogP contribution in [-0.2, 0) is 39.7 Å². The first-order valence-corrected chi connectivity index (χ1v) is 25.8. The Morgan fingerprint density at radius 1 is 1.05 bits per heavy atom. The molecule has 0 unspecified atom stereocenters. The van der Waals surface area contributed by atoms with Gasteiger partial charge in [0, 0.05) is 38.5 Å². The van der Waals surface area contributed by atoms with Crippen molar-refractivity contribution in [3.63, 3.8) is 0 Å². The predicted molar refractivity (Wildman–Crippen MR) is 245 cm³/mol. The van der Waals surface area contributed by atoms with Gasteiger partial charge in [0.25, 0.3) is 10.0 Å². The Labute approximate surface area is 369 Å². The van der Waals surface area contributed by atoms with Crippen LogP contribution in [0.3, 0.4) is 0 Å². The number of carbonyl (C=O) groups is 1. The van der Waals surface area contributed by atoms with Crippen molar-refractivity contribution >= 4 is 46.5 Å². The molecule has 3 atom stereocenters. The lowest BCUT2D eigenvalue weighted by molar-refractivity contribution is 0.00459. The number of pyridine rings is 1. The molecule has 0 spiro atoms. The van der Waals surface area contributed by atoms with Gasteiger partial charge in [0.05, 0.1) is 50.4 Å². The van der Waals surface area contributed by atoms with E-state index in [1.165, 1.54) is 33.8 Å². The number of amides is 1. The molecule has 0 aliphatic heterocycles. The Balaban J connectivity index is 1.54. The number of aliphatic hydroxyl groups excluding tert-OH is 1. The van der Waals surface area contributed by atoms with Crippen LogP contribution in [0.5, 0.6) is 0 Å². The monoisotopic (exact) mass is 901 g/mol. The van der Waals surface area contributed by atoms with Crippen molar-refractivity contribution < 1.29 is 31.9 Å². The molecule has 14 nitrogen and oxygen atoms in total. The third kappa shape index (κ3) is 8.52. The van der Waals surface area contributed by atoms with Crippen LogP contribution in [0.25, 0.3) is 44.5 Å². The van der Waals surface area contributed by atoms with Gasteiger partial charge in [-0.2, -0.15) is 4.39 Å². The van der Waals surface area contributed by atoms with E-state index in [9.17, 15) is 14.7 Å². The van der Waals surface area contributed by atoms with Crippen LogP contribution >= 0.6 is 0 Å². The molecule has 0 saturated heterocycles. The zero-order valence-corrected chi connectivity index (χ0v) is 39.9. The fraction of sp³-hybridized carbons (Fsp3) is 0.478. The molecule has 2 aromatic carbocycles. The van der Waals surface area contributed by atoms with Crippen molar-refractivity contribution in [1.82, 2.24) is 33.2 Å². The molecule has 4 aromatic heterocycles. The Morgan fingerprint density at radius 2 is 1.71 bits per heavy atom. The summed E-state index contributed by atoms with van der Waals surface area (Å²) in [4.78, 5) is 33.1. The Hall–Kier alpha value is -5.10. The maximum absolute atomic E-state index is 16.3. The first kappa shape index (κ1) is 45.9. The number of hydrogen-bond donors (Lipinski definition) is 2. The molecule has 1 amide bonds. The van der Waals surface area contributed by atoms with Gasteiger partial charge in [-0.15, -0.1) is 5.10 Å². The minimum absolute atomic E-state index is 0.00216. The standard InChI is InChI=1S/C46H60FN7O7SSi/c1-44(2,3)60-42(56)49-46(7)24-23-31(26-35(46)61-63(10,11)45(4,5)6)53-39-34(52(9)43(53)57)27-48-41-37(39)36(30-21-19-29(20-22-30)16-15-25-55)38(33-28-51(8)50-40(33)47)54(41)62(58,59)32-17-13-12-14-18-32/h12-14,17-22,27-28,31,35,55H,15-16,23-26H2,1-11H3,(H,49,56)/t31-,35+,46+/m0/s1. The molecule has 1 aliphatic rings. The number of benzene rings is 2. The topological polar surface area (TPSA) is 164 Å². The molecule has 6 aromatic rings. The fourth-order valence-electron chi connectivity index (χ4n) is 8.46. The van der Waals surface area contributed by atoms with Crippen LogP contribution in [0, 0.1) is 5.95 Å². The lowest BCUT2D eigenvalue weighted by Gasteiger charge is -2.49. The number of ether oxygens (including phenoxy) is 1. The summed E-state index contributed by atoms with van der Waals surface area (Å²) in [5.41, 5.74) is 0.706. The number of imidazole rings is 1. The average Bonchev–Trinajstić information content (AvgIpc) is 3.81. The summed E-state index contributed by atoms with van der Waals surface area (Å²) in [6.07, 6.45) is 4.16. The van der Waals surface area contributed by atoms with Crippen molar-refractivity contribution in [3.05, 3.63) is 89.0 Å². The largest absolute Gasteiger partial charge is 0.444 e. The number of aryl methyl sites for hydroxylation is 3. The summed E-state index contributed by atoms with van der Waals surface area (Å²) in [6.45, 7) is 18.2. The van der Waals surface area contributed by atoms with Gasteiger partial charge in [-0.3, -0.25) is 13.8 Å². The van der Waals surface area contributed by atoms with Gasteiger partial charge in [0.2, 0.25) is 5.95 Å². The van der Waals surface area contributed by atoms with E-state index in [0.717, 1.165) is 9.54 Å². The van der Waals surface area contributed by atoms with Crippen LogP contribution in [0.4, 0.5) is 9.18 Å². The Kier molecular flexibility index (Phi) is 12.0. The molecule has 7 rings (SSSR count). The van der Waals surface area contributed by atoms with E-state index in [4.69, 9.17) is 14.1 Å². The van der Waals surface area contributed by atoms with E-state index in [-0.39, 0.29) is 39.1 Å². The second-order valence-corrected chi connectivity index (χ2v) is 26.1. The summed E-state index contributed by atoms with van der Waals surface area (Å²) in [6, 6.07) is 14.9. The van der Waals surface area contributed by atoms with Gasteiger partial charge in [-0.25, -0.2) is 27.0 Å². The predicted octanol–water partition coefficient (Wildman–Crippen LogP) is 8.46.